The van der Waals surface area contributed by atoms with Gasteiger partial charge >= 0.3 is 0 Å². The van der Waals surface area contributed by atoms with Crippen molar-refractivity contribution in [2.45, 2.75) is 11.3 Å². The monoisotopic (exact) mass is 279 g/mol. The fraction of sp³-hybridized carbons (Fsp3) is 0.143. The van der Waals surface area contributed by atoms with E-state index >= 15 is 0 Å². The van der Waals surface area contributed by atoms with E-state index in [-0.39, 0.29) is 16.3 Å². The van der Waals surface area contributed by atoms with Crippen LogP contribution in [0, 0.1) is 5.82 Å². The minimum Gasteiger partial charge on any atom is -0.396 e. The molecule has 2 aromatic rings. The van der Waals surface area contributed by atoms with Crippen molar-refractivity contribution in [1.29, 1.82) is 0 Å². The molecule has 0 aliphatic rings. The molecule has 2 aromatic carbocycles. The number of nitrogens with two attached hydrogens (primary N) is 1. The molecule has 100 valence electrons. The molecule has 19 heavy (non-hydrogen) atoms. The van der Waals surface area contributed by atoms with Crippen LogP contribution >= 0.6 is 0 Å². The summed E-state index contributed by atoms with van der Waals surface area (Å²) in [5.41, 5.74) is 6.21. The van der Waals surface area contributed by atoms with Crippen molar-refractivity contribution in [2.24, 2.45) is 0 Å². The van der Waals surface area contributed by atoms with Gasteiger partial charge in [0.25, 0.3) is 0 Å². The Kier molecular flexibility index (Phi) is 3.85. The molecule has 0 unspecified atom stereocenters. The van der Waals surface area contributed by atoms with Crippen LogP contribution in [0.3, 0.4) is 0 Å². The maximum absolute atomic E-state index is 13.3. The number of halogens is 1. The highest BCUT2D eigenvalue weighted by Gasteiger charge is 2.16. The zero-order valence-corrected chi connectivity index (χ0v) is 11.0. The summed E-state index contributed by atoms with van der Waals surface area (Å²) in [5, 5.41) is 0. The minimum atomic E-state index is -3.49. The molecule has 0 aliphatic heterocycles. The molecule has 0 spiro atoms. The van der Waals surface area contributed by atoms with Crippen LogP contribution in [0.5, 0.6) is 0 Å². The van der Waals surface area contributed by atoms with Crippen LogP contribution in [-0.4, -0.2) is 14.2 Å². The number of aryl methyl sites for hydroxylation is 1. The van der Waals surface area contributed by atoms with E-state index in [4.69, 9.17) is 5.73 Å². The Bertz CT molecular complexity index is 669. The number of nitrogen functional groups attached to an aromatic ring is 1. The van der Waals surface area contributed by atoms with Crippen molar-refractivity contribution >= 4 is 15.5 Å². The molecule has 3 nitrogen and oxygen atoms in total. The Morgan fingerprint density at radius 2 is 1.74 bits per heavy atom. The average molecular weight is 279 g/mol. The standard InChI is InChI=1S/C14H14FNO2S/c15-13-10-12(6-7-14(13)16)19(17,18)9-8-11-4-2-1-3-5-11/h1-7,10H,8-9,16H2. The van der Waals surface area contributed by atoms with Gasteiger partial charge < -0.3 is 5.73 Å². The van der Waals surface area contributed by atoms with Crippen LogP contribution in [0.25, 0.3) is 0 Å². The molecule has 0 heterocycles. The van der Waals surface area contributed by atoms with Crippen LogP contribution in [0.2, 0.25) is 0 Å². The van der Waals surface area contributed by atoms with Gasteiger partial charge in [-0.25, -0.2) is 12.8 Å². The van der Waals surface area contributed by atoms with Crippen LogP contribution in [0.1, 0.15) is 5.56 Å². The highest BCUT2D eigenvalue weighted by molar-refractivity contribution is 7.91. The minimum absolute atomic E-state index is 0.0323. The predicted molar refractivity (Wildman–Crippen MR) is 73.0 cm³/mol. The number of sulfone groups is 1. The van der Waals surface area contributed by atoms with Crippen molar-refractivity contribution < 1.29 is 12.8 Å². The zero-order chi connectivity index (χ0) is 13.9. The maximum Gasteiger partial charge on any atom is 0.178 e. The largest absolute Gasteiger partial charge is 0.396 e. The summed E-state index contributed by atoms with van der Waals surface area (Å²) in [5.74, 6) is -0.763. The molecular weight excluding hydrogens is 265 g/mol. The van der Waals surface area contributed by atoms with E-state index in [0.29, 0.717) is 6.42 Å². The summed E-state index contributed by atoms with van der Waals surface area (Å²) < 4.78 is 37.4. The van der Waals surface area contributed by atoms with Gasteiger partial charge in [-0.15, -0.1) is 0 Å². The normalized spacial score (nSPS) is 11.4. The first-order valence-electron chi connectivity index (χ1n) is 5.81. The third kappa shape index (κ3) is 3.32. The number of anilines is 1. The van der Waals surface area contributed by atoms with Gasteiger partial charge in [-0.1, -0.05) is 30.3 Å². The Morgan fingerprint density at radius 3 is 2.37 bits per heavy atom. The lowest BCUT2D eigenvalue weighted by molar-refractivity contribution is 0.591. The van der Waals surface area contributed by atoms with E-state index in [1.807, 2.05) is 30.3 Å². The quantitative estimate of drug-likeness (QED) is 0.874. The zero-order valence-electron chi connectivity index (χ0n) is 10.2. The molecular formula is C14H14FNO2S. The van der Waals surface area contributed by atoms with E-state index in [1.54, 1.807) is 0 Å². The summed E-state index contributed by atoms with van der Waals surface area (Å²) in [7, 11) is -3.49. The van der Waals surface area contributed by atoms with Crippen molar-refractivity contribution in [3.05, 3.63) is 59.9 Å². The molecule has 0 saturated heterocycles. The van der Waals surface area contributed by atoms with Crippen LogP contribution in [0.15, 0.2) is 53.4 Å². The molecule has 2 N–H and O–H groups in total. The highest BCUT2D eigenvalue weighted by Crippen LogP contribution is 2.18. The summed E-state index contributed by atoms with van der Waals surface area (Å²) in [6.07, 6.45) is 0.398. The SMILES string of the molecule is Nc1ccc(S(=O)(=O)CCc2ccccc2)cc1F. The summed E-state index contributed by atoms with van der Waals surface area (Å²) >= 11 is 0. The molecule has 0 aliphatic carbocycles. The molecule has 2 rings (SSSR count). The Morgan fingerprint density at radius 1 is 1.05 bits per heavy atom. The van der Waals surface area contributed by atoms with E-state index < -0.39 is 15.7 Å². The molecule has 0 atom stereocenters. The van der Waals surface area contributed by atoms with Gasteiger partial charge in [-0.2, -0.15) is 0 Å². The maximum atomic E-state index is 13.3. The number of hydrogen-bond donors (Lipinski definition) is 1. The summed E-state index contributed by atoms with van der Waals surface area (Å²) in [6.45, 7) is 0. The Labute approximate surface area is 111 Å². The lowest BCUT2D eigenvalue weighted by Gasteiger charge is -2.06. The third-order valence-corrected chi connectivity index (χ3v) is 4.55. The first-order valence-corrected chi connectivity index (χ1v) is 7.46. The van der Waals surface area contributed by atoms with Crippen LogP contribution in [0.4, 0.5) is 10.1 Å². The first kappa shape index (κ1) is 13.5. The average Bonchev–Trinajstić information content (AvgIpc) is 2.41. The molecule has 0 saturated carbocycles. The predicted octanol–water partition coefficient (Wildman–Crippen LogP) is 2.42. The number of benzene rings is 2. The van der Waals surface area contributed by atoms with Gasteiger partial charge in [-0.05, 0) is 30.2 Å². The Balaban J connectivity index is 2.16. The number of hydrogen-bond acceptors (Lipinski definition) is 3. The smallest absolute Gasteiger partial charge is 0.178 e. The van der Waals surface area contributed by atoms with Gasteiger partial charge in [0.1, 0.15) is 5.82 Å². The first-order chi connectivity index (χ1) is 8.99. The Hall–Kier alpha value is -1.88. The molecule has 0 radical (unpaired) electrons. The lowest BCUT2D eigenvalue weighted by Crippen LogP contribution is -2.10. The summed E-state index contributed by atoms with van der Waals surface area (Å²) in [4.78, 5) is -0.0323. The van der Waals surface area contributed by atoms with Crippen LogP contribution < -0.4 is 5.73 Å². The van der Waals surface area contributed by atoms with E-state index in [0.717, 1.165) is 11.6 Å². The second kappa shape index (κ2) is 5.40. The van der Waals surface area contributed by atoms with Crippen molar-refractivity contribution in [2.75, 3.05) is 11.5 Å². The second-order valence-electron chi connectivity index (χ2n) is 4.24. The molecule has 0 bridgehead atoms. The van der Waals surface area contributed by atoms with Gasteiger partial charge in [0.2, 0.25) is 0 Å². The number of rotatable bonds is 4. The van der Waals surface area contributed by atoms with Gasteiger partial charge in [0.15, 0.2) is 9.84 Å². The topological polar surface area (TPSA) is 60.2 Å². The van der Waals surface area contributed by atoms with Gasteiger partial charge in [-0.3, -0.25) is 0 Å². The van der Waals surface area contributed by atoms with Crippen molar-refractivity contribution in [3.8, 4) is 0 Å². The highest BCUT2D eigenvalue weighted by atomic mass is 32.2. The van der Waals surface area contributed by atoms with Crippen molar-refractivity contribution in [3.63, 3.8) is 0 Å². The third-order valence-electron chi connectivity index (χ3n) is 2.83. The van der Waals surface area contributed by atoms with E-state index in [2.05, 4.69) is 0 Å². The molecule has 0 aromatic heterocycles. The summed E-state index contributed by atoms with van der Waals surface area (Å²) in [6, 6.07) is 12.9. The van der Waals surface area contributed by atoms with Gasteiger partial charge in [0, 0.05) is 0 Å². The fourth-order valence-electron chi connectivity index (χ4n) is 1.72. The van der Waals surface area contributed by atoms with Gasteiger partial charge in [0.05, 0.1) is 16.3 Å². The lowest BCUT2D eigenvalue weighted by atomic mass is 10.2. The molecule has 0 amide bonds. The van der Waals surface area contributed by atoms with Crippen molar-refractivity contribution in [1.82, 2.24) is 0 Å². The van der Waals surface area contributed by atoms with E-state index in [1.165, 1.54) is 12.1 Å². The molecule has 0 fully saturated rings. The fourth-order valence-corrected chi connectivity index (χ4v) is 3.01. The second-order valence-corrected chi connectivity index (χ2v) is 6.35. The molecule has 5 heteroatoms. The van der Waals surface area contributed by atoms with Crippen LogP contribution in [-0.2, 0) is 16.3 Å². The van der Waals surface area contributed by atoms with E-state index in [9.17, 15) is 12.8 Å².